The second kappa shape index (κ2) is 6.46. The second-order valence-corrected chi connectivity index (χ2v) is 3.50. The molecule has 0 spiro atoms. The fourth-order valence-corrected chi connectivity index (χ4v) is 1.37. The van der Waals surface area contributed by atoms with Gasteiger partial charge in [0.1, 0.15) is 12.4 Å². The van der Waals surface area contributed by atoms with Crippen LogP contribution in [0.2, 0.25) is 0 Å². The van der Waals surface area contributed by atoms with E-state index in [1.807, 2.05) is 6.92 Å². The van der Waals surface area contributed by atoms with Gasteiger partial charge in [-0.15, -0.1) is 0 Å². The zero-order chi connectivity index (χ0) is 11.1. The van der Waals surface area contributed by atoms with Crippen LogP contribution in [0.4, 0.5) is 0 Å². The SMILES string of the molecule is CCOCCOc1cc(CC)ccc1C. The molecule has 0 aliphatic carbocycles. The smallest absolute Gasteiger partial charge is 0.122 e. The van der Waals surface area contributed by atoms with Crippen LogP contribution in [-0.4, -0.2) is 19.8 Å². The van der Waals surface area contributed by atoms with Crippen LogP contribution in [0, 0.1) is 6.92 Å². The first-order valence-corrected chi connectivity index (χ1v) is 5.58. The topological polar surface area (TPSA) is 18.5 Å². The minimum Gasteiger partial charge on any atom is -0.491 e. The molecule has 0 saturated carbocycles. The largest absolute Gasteiger partial charge is 0.491 e. The Bertz CT molecular complexity index is 295. The standard InChI is InChI=1S/C13H20O2/c1-4-12-7-6-11(3)13(10-12)15-9-8-14-5-2/h6-7,10H,4-5,8-9H2,1-3H3. The van der Waals surface area contributed by atoms with Gasteiger partial charge in [-0.2, -0.15) is 0 Å². The van der Waals surface area contributed by atoms with Gasteiger partial charge in [-0.1, -0.05) is 19.1 Å². The van der Waals surface area contributed by atoms with Crippen molar-refractivity contribution < 1.29 is 9.47 Å². The molecule has 0 atom stereocenters. The lowest BCUT2D eigenvalue weighted by Crippen LogP contribution is -2.07. The minimum absolute atomic E-state index is 0.627. The number of benzene rings is 1. The van der Waals surface area contributed by atoms with E-state index in [2.05, 4.69) is 32.0 Å². The number of rotatable bonds is 6. The van der Waals surface area contributed by atoms with Gasteiger partial charge in [-0.3, -0.25) is 0 Å². The molecular weight excluding hydrogens is 188 g/mol. The predicted molar refractivity (Wildman–Crippen MR) is 62.5 cm³/mol. The van der Waals surface area contributed by atoms with Crippen LogP contribution >= 0.6 is 0 Å². The zero-order valence-corrected chi connectivity index (χ0v) is 9.88. The summed E-state index contributed by atoms with van der Waals surface area (Å²) in [5, 5.41) is 0. The molecule has 0 heterocycles. The van der Waals surface area contributed by atoms with Crippen LogP contribution in [0.3, 0.4) is 0 Å². The number of ether oxygens (including phenoxy) is 2. The van der Waals surface area contributed by atoms with E-state index in [1.54, 1.807) is 0 Å². The zero-order valence-electron chi connectivity index (χ0n) is 9.88. The highest BCUT2D eigenvalue weighted by Gasteiger charge is 2.00. The maximum Gasteiger partial charge on any atom is 0.122 e. The highest BCUT2D eigenvalue weighted by Crippen LogP contribution is 2.19. The Morgan fingerprint density at radius 2 is 1.93 bits per heavy atom. The molecule has 2 nitrogen and oxygen atoms in total. The molecule has 1 aromatic rings. The maximum absolute atomic E-state index is 5.66. The summed E-state index contributed by atoms with van der Waals surface area (Å²) in [6.07, 6.45) is 1.04. The molecular formula is C13H20O2. The third kappa shape index (κ3) is 3.92. The van der Waals surface area contributed by atoms with Gasteiger partial charge in [0.2, 0.25) is 0 Å². The summed E-state index contributed by atoms with van der Waals surface area (Å²) < 4.78 is 10.9. The molecule has 1 rings (SSSR count). The number of hydrogen-bond donors (Lipinski definition) is 0. The summed E-state index contributed by atoms with van der Waals surface area (Å²) in [5.74, 6) is 0.981. The molecule has 15 heavy (non-hydrogen) atoms. The maximum atomic E-state index is 5.66. The Kier molecular flexibility index (Phi) is 5.19. The van der Waals surface area contributed by atoms with Crippen LogP contribution in [0.5, 0.6) is 5.75 Å². The van der Waals surface area contributed by atoms with Gasteiger partial charge in [-0.25, -0.2) is 0 Å². The Labute approximate surface area is 92.2 Å². The molecule has 84 valence electrons. The lowest BCUT2D eigenvalue weighted by atomic mass is 10.1. The van der Waals surface area contributed by atoms with Crippen molar-refractivity contribution in [2.24, 2.45) is 0 Å². The normalized spacial score (nSPS) is 10.3. The number of aryl methyl sites for hydroxylation is 2. The average molecular weight is 208 g/mol. The molecule has 0 saturated heterocycles. The quantitative estimate of drug-likeness (QED) is 0.669. The summed E-state index contributed by atoms with van der Waals surface area (Å²) in [6.45, 7) is 8.23. The van der Waals surface area contributed by atoms with Crippen molar-refractivity contribution in [2.75, 3.05) is 19.8 Å². The van der Waals surface area contributed by atoms with Gasteiger partial charge in [0.15, 0.2) is 0 Å². The first kappa shape index (κ1) is 12.1. The fraction of sp³-hybridized carbons (Fsp3) is 0.538. The highest BCUT2D eigenvalue weighted by molar-refractivity contribution is 5.36. The molecule has 0 radical (unpaired) electrons. The van der Waals surface area contributed by atoms with Gasteiger partial charge >= 0.3 is 0 Å². The van der Waals surface area contributed by atoms with Crippen molar-refractivity contribution in [1.29, 1.82) is 0 Å². The minimum atomic E-state index is 0.627. The van der Waals surface area contributed by atoms with E-state index in [1.165, 1.54) is 11.1 Å². The Hall–Kier alpha value is -1.02. The highest BCUT2D eigenvalue weighted by atomic mass is 16.5. The van der Waals surface area contributed by atoms with Crippen molar-refractivity contribution >= 4 is 0 Å². The molecule has 0 aliphatic heterocycles. The first-order chi connectivity index (χ1) is 7.27. The van der Waals surface area contributed by atoms with Gasteiger partial charge in [0.05, 0.1) is 6.61 Å². The average Bonchev–Trinajstić information content (AvgIpc) is 2.26. The lowest BCUT2D eigenvalue weighted by molar-refractivity contribution is 0.110. The molecule has 2 heteroatoms. The van der Waals surface area contributed by atoms with Crippen LogP contribution < -0.4 is 4.74 Å². The first-order valence-electron chi connectivity index (χ1n) is 5.58. The summed E-state index contributed by atoms with van der Waals surface area (Å²) in [6, 6.07) is 6.36. The van der Waals surface area contributed by atoms with Gasteiger partial charge in [0.25, 0.3) is 0 Å². The van der Waals surface area contributed by atoms with Gasteiger partial charge in [0, 0.05) is 6.61 Å². The van der Waals surface area contributed by atoms with Crippen LogP contribution in [0.1, 0.15) is 25.0 Å². The van der Waals surface area contributed by atoms with Crippen LogP contribution in [-0.2, 0) is 11.2 Å². The Morgan fingerprint density at radius 1 is 1.13 bits per heavy atom. The summed E-state index contributed by atoms with van der Waals surface area (Å²) in [4.78, 5) is 0. The summed E-state index contributed by atoms with van der Waals surface area (Å²) in [5.41, 5.74) is 2.50. The predicted octanol–water partition coefficient (Wildman–Crippen LogP) is 2.97. The molecule has 0 fully saturated rings. The fourth-order valence-electron chi connectivity index (χ4n) is 1.37. The van der Waals surface area contributed by atoms with E-state index in [0.717, 1.165) is 18.8 Å². The van der Waals surface area contributed by atoms with Crippen molar-refractivity contribution in [2.45, 2.75) is 27.2 Å². The Morgan fingerprint density at radius 3 is 2.60 bits per heavy atom. The van der Waals surface area contributed by atoms with E-state index in [4.69, 9.17) is 9.47 Å². The van der Waals surface area contributed by atoms with Crippen molar-refractivity contribution in [1.82, 2.24) is 0 Å². The monoisotopic (exact) mass is 208 g/mol. The van der Waals surface area contributed by atoms with Gasteiger partial charge < -0.3 is 9.47 Å². The lowest BCUT2D eigenvalue weighted by Gasteiger charge is -2.10. The summed E-state index contributed by atoms with van der Waals surface area (Å²) >= 11 is 0. The molecule has 0 unspecified atom stereocenters. The van der Waals surface area contributed by atoms with Crippen molar-refractivity contribution in [3.8, 4) is 5.75 Å². The molecule has 0 aromatic heterocycles. The van der Waals surface area contributed by atoms with E-state index < -0.39 is 0 Å². The molecule has 1 aromatic carbocycles. The van der Waals surface area contributed by atoms with E-state index >= 15 is 0 Å². The number of hydrogen-bond acceptors (Lipinski definition) is 2. The molecule has 0 bridgehead atoms. The Balaban J connectivity index is 2.51. The van der Waals surface area contributed by atoms with E-state index in [9.17, 15) is 0 Å². The van der Waals surface area contributed by atoms with Crippen molar-refractivity contribution in [3.05, 3.63) is 29.3 Å². The van der Waals surface area contributed by atoms with Crippen LogP contribution in [0.25, 0.3) is 0 Å². The third-order valence-corrected chi connectivity index (χ3v) is 2.35. The van der Waals surface area contributed by atoms with Gasteiger partial charge in [-0.05, 0) is 37.5 Å². The third-order valence-electron chi connectivity index (χ3n) is 2.35. The second-order valence-electron chi connectivity index (χ2n) is 3.50. The molecule has 0 N–H and O–H groups in total. The van der Waals surface area contributed by atoms with Crippen LogP contribution in [0.15, 0.2) is 18.2 Å². The molecule has 0 amide bonds. The molecule has 0 aliphatic rings. The summed E-state index contributed by atoms with van der Waals surface area (Å²) in [7, 11) is 0. The van der Waals surface area contributed by atoms with E-state index in [0.29, 0.717) is 13.2 Å². The van der Waals surface area contributed by atoms with E-state index in [-0.39, 0.29) is 0 Å². The van der Waals surface area contributed by atoms with Crippen molar-refractivity contribution in [3.63, 3.8) is 0 Å².